The number of ketones is 1. The second-order valence-corrected chi connectivity index (χ2v) is 4.21. The fourth-order valence-electron chi connectivity index (χ4n) is 2.00. The molecule has 3 rings (SSSR count). The van der Waals surface area contributed by atoms with E-state index in [0.29, 0.717) is 22.1 Å². The van der Waals surface area contributed by atoms with E-state index in [1.165, 1.54) is 30.5 Å². The minimum absolute atomic E-state index is 0.0292. The predicted molar refractivity (Wildman–Crippen MR) is 69.4 cm³/mol. The third-order valence-electron chi connectivity index (χ3n) is 2.91. The van der Waals surface area contributed by atoms with Crippen molar-refractivity contribution in [1.82, 2.24) is 0 Å². The van der Waals surface area contributed by atoms with Gasteiger partial charge in [0.25, 0.3) is 0 Å². The van der Waals surface area contributed by atoms with E-state index >= 15 is 0 Å². The molecule has 1 heterocycles. The lowest BCUT2D eigenvalue weighted by Crippen LogP contribution is -1.99. The highest BCUT2D eigenvalue weighted by atomic mass is 16.3. The number of phenolic OH excluding ortho intramolecular Hbond substituents is 2. The Labute approximate surface area is 108 Å². The Bertz CT molecular complexity index is 771. The molecule has 2 aromatic carbocycles. The summed E-state index contributed by atoms with van der Waals surface area (Å²) in [5.74, 6) is -0.166. The van der Waals surface area contributed by atoms with Crippen molar-refractivity contribution in [3.8, 4) is 11.5 Å². The van der Waals surface area contributed by atoms with E-state index in [-0.39, 0.29) is 17.3 Å². The van der Waals surface area contributed by atoms with Crippen molar-refractivity contribution in [2.45, 2.75) is 0 Å². The Morgan fingerprint density at radius 1 is 1.00 bits per heavy atom. The topological polar surface area (TPSA) is 70.7 Å². The van der Waals surface area contributed by atoms with Crippen LogP contribution in [0.25, 0.3) is 11.0 Å². The Morgan fingerprint density at radius 2 is 1.79 bits per heavy atom. The van der Waals surface area contributed by atoms with Gasteiger partial charge >= 0.3 is 0 Å². The van der Waals surface area contributed by atoms with Crippen molar-refractivity contribution in [1.29, 1.82) is 0 Å². The molecule has 4 nitrogen and oxygen atoms in total. The zero-order chi connectivity index (χ0) is 13.4. The van der Waals surface area contributed by atoms with Crippen molar-refractivity contribution in [3.63, 3.8) is 0 Å². The first kappa shape index (κ1) is 11.3. The highest BCUT2D eigenvalue weighted by molar-refractivity contribution is 6.16. The van der Waals surface area contributed by atoms with E-state index in [1.54, 1.807) is 18.2 Å². The van der Waals surface area contributed by atoms with Crippen molar-refractivity contribution >= 4 is 16.8 Å². The lowest BCUT2D eigenvalue weighted by atomic mass is 10.0. The molecule has 0 radical (unpaired) electrons. The summed E-state index contributed by atoms with van der Waals surface area (Å²) in [7, 11) is 0. The zero-order valence-electron chi connectivity index (χ0n) is 9.83. The highest BCUT2D eigenvalue weighted by Crippen LogP contribution is 2.27. The van der Waals surface area contributed by atoms with Gasteiger partial charge in [-0.3, -0.25) is 4.79 Å². The molecule has 0 bridgehead atoms. The molecular formula is C15H10O4. The van der Waals surface area contributed by atoms with E-state index in [1.807, 2.05) is 0 Å². The van der Waals surface area contributed by atoms with Crippen molar-refractivity contribution < 1.29 is 19.4 Å². The van der Waals surface area contributed by atoms with Crippen LogP contribution in [-0.4, -0.2) is 16.0 Å². The van der Waals surface area contributed by atoms with E-state index in [9.17, 15) is 15.0 Å². The Balaban J connectivity index is 2.14. The smallest absolute Gasteiger partial charge is 0.197 e. The Morgan fingerprint density at radius 3 is 2.58 bits per heavy atom. The lowest BCUT2D eigenvalue weighted by Gasteiger charge is -2.00. The number of hydrogen-bond acceptors (Lipinski definition) is 4. The number of carbonyl (C=O) groups excluding carboxylic acids is 1. The molecule has 94 valence electrons. The van der Waals surface area contributed by atoms with Gasteiger partial charge in [0.15, 0.2) is 5.78 Å². The average molecular weight is 254 g/mol. The summed E-state index contributed by atoms with van der Waals surface area (Å²) in [6, 6.07) is 10.7. The first-order valence-corrected chi connectivity index (χ1v) is 5.69. The third-order valence-corrected chi connectivity index (χ3v) is 2.91. The first-order valence-electron chi connectivity index (χ1n) is 5.69. The van der Waals surface area contributed by atoms with E-state index in [0.717, 1.165) is 0 Å². The fourth-order valence-corrected chi connectivity index (χ4v) is 2.00. The van der Waals surface area contributed by atoms with Crippen LogP contribution in [0.4, 0.5) is 0 Å². The molecule has 0 atom stereocenters. The molecule has 2 N–H and O–H groups in total. The number of carbonyl (C=O) groups is 1. The third kappa shape index (κ3) is 1.93. The quantitative estimate of drug-likeness (QED) is 0.689. The van der Waals surface area contributed by atoms with Crippen LogP contribution in [0.2, 0.25) is 0 Å². The van der Waals surface area contributed by atoms with Crippen LogP contribution in [0.3, 0.4) is 0 Å². The van der Waals surface area contributed by atoms with Crippen LogP contribution in [0.1, 0.15) is 15.9 Å². The van der Waals surface area contributed by atoms with E-state index < -0.39 is 0 Å². The molecule has 0 saturated carbocycles. The van der Waals surface area contributed by atoms with Crippen LogP contribution >= 0.6 is 0 Å². The molecule has 0 amide bonds. The summed E-state index contributed by atoms with van der Waals surface area (Å²) in [4.78, 5) is 12.3. The molecule has 3 aromatic rings. The fraction of sp³-hybridized carbons (Fsp3) is 0. The molecule has 0 aliphatic carbocycles. The number of fused-ring (bicyclic) bond motifs is 1. The standard InChI is InChI=1S/C15H10O4/c16-10-3-1-2-9(6-10)15(18)13-8-19-14-5-4-11(17)7-12(13)14/h1-8,16-17H. The van der Waals surface area contributed by atoms with Gasteiger partial charge in [0.2, 0.25) is 0 Å². The molecule has 4 heteroatoms. The van der Waals surface area contributed by atoms with Crippen molar-refractivity contribution in [2.24, 2.45) is 0 Å². The summed E-state index contributed by atoms with van der Waals surface area (Å²) in [5.41, 5.74) is 1.25. The number of hydrogen-bond donors (Lipinski definition) is 2. The summed E-state index contributed by atoms with van der Waals surface area (Å²) in [6.45, 7) is 0. The van der Waals surface area contributed by atoms with Crippen LogP contribution in [0.15, 0.2) is 53.1 Å². The predicted octanol–water partition coefficient (Wildman–Crippen LogP) is 3.08. The summed E-state index contributed by atoms with van der Waals surface area (Å²) >= 11 is 0. The first-order chi connectivity index (χ1) is 9.15. The summed E-state index contributed by atoms with van der Waals surface area (Å²) in [5, 5.41) is 19.4. The van der Waals surface area contributed by atoms with Gasteiger partial charge in [-0.25, -0.2) is 0 Å². The van der Waals surface area contributed by atoms with Crippen LogP contribution in [0, 0.1) is 0 Å². The minimum Gasteiger partial charge on any atom is -0.508 e. The molecule has 0 fully saturated rings. The lowest BCUT2D eigenvalue weighted by molar-refractivity contribution is 0.103. The average Bonchev–Trinajstić information content (AvgIpc) is 2.80. The second kappa shape index (κ2) is 4.17. The molecule has 0 unspecified atom stereocenters. The van der Waals surface area contributed by atoms with Gasteiger partial charge in [-0.15, -0.1) is 0 Å². The van der Waals surface area contributed by atoms with Gasteiger partial charge in [0.05, 0.1) is 5.56 Å². The zero-order valence-corrected chi connectivity index (χ0v) is 9.83. The maximum absolute atomic E-state index is 12.3. The number of benzene rings is 2. The molecule has 0 aliphatic heterocycles. The van der Waals surface area contributed by atoms with Gasteiger partial charge < -0.3 is 14.6 Å². The monoisotopic (exact) mass is 254 g/mol. The molecular weight excluding hydrogens is 244 g/mol. The number of aromatic hydroxyl groups is 2. The van der Waals surface area contributed by atoms with E-state index in [4.69, 9.17) is 4.42 Å². The maximum Gasteiger partial charge on any atom is 0.197 e. The largest absolute Gasteiger partial charge is 0.508 e. The Hall–Kier alpha value is -2.75. The number of rotatable bonds is 2. The van der Waals surface area contributed by atoms with Gasteiger partial charge in [0, 0.05) is 10.9 Å². The van der Waals surface area contributed by atoms with E-state index in [2.05, 4.69) is 0 Å². The van der Waals surface area contributed by atoms with Crippen molar-refractivity contribution in [3.05, 3.63) is 59.9 Å². The summed E-state index contributed by atoms with van der Waals surface area (Å²) < 4.78 is 5.28. The number of furan rings is 1. The molecule has 0 saturated heterocycles. The maximum atomic E-state index is 12.3. The number of phenols is 2. The molecule has 0 spiro atoms. The molecule has 19 heavy (non-hydrogen) atoms. The van der Waals surface area contributed by atoms with Gasteiger partial charge in [-0.2, -0.15) is 0 Å². The SMILES string of the molecule is O=C(c1cccc(O)c1)c1coc2ccc(O)cc12. The Kier molecular flexibility index (Phi) is 2.49. The van der Waals surface area contributed by atoms with Crippen molar-refractivity contribution in [2.75, 3.05) is 0 Å². The van der Waals surface area contributed by atoms with Crippen LogP contribution < -0.4 is 0 Å². The summed E-state index contributed by atoms with van der Waals surface area (Å²) in [6.07, 6.45) is 1.36. The minimum atomic E-state index is -0.264. The second-order valence-electron chi connectivity index (χ2n) is 4.21. The molecule has 1 aromatic heterocycles. The normalized spacial score (nSPS) is 10.7. The highest BCUT2D eigenvalue weighted by Gasteiger charge is 2.16. The molecule has 0 aliphatic rings. The van der Waals surface area contributed by atoms with Crippen LogP contribution in [0.5, 0.6) is 11.5 Å². The van der Waals surface area contributed by atoms with Gasteiger partial charge in [0.1, 0.15) is 23.3 Å². The van der Waals surface area contributed by atoms with Gasteiger partial charge in [-0.1, -0.05) is 12.1 Å². The van der Waals surface area contributed by atoms with Gasteiger partial charge in [-0.05, 0) is 30.3 Å². The van der Waals surface area contributed by atoms with Crippen LogP contribution in [-0.2, 0) is 0 Å².